The molecule has 0 aromatic heterocycles. The molecule has 2 rings (SSSR count). The first-order valence-electron chi connectivity index (χ1n) is 8.04. The maximum atomic E-state index is 12.1. The molecule has 0 amide bonds. The van der Waals surface area contributed by atoms with Crippen LogP contribution in [0.3, 0.4) is 0 Å². The van der Waals surface area contributed by atoms with E-state index >= 15 is 0 Å². The van der Waals surface area contributed by atoms with Crippen LogP contribution in [0.5, 0.6) is 0 Å². The van der Waals surface area contributed by atoms with E-state index in [1.807, 2.05) is 60.7 Å². The van der Waals surface area contributed by atoms with Crippen LogP contribution in [-0.2, 0) is 0 Å². The summed E-state index contributed by atoms with van der Waals surface area (Å²) in [6.45, 7) is 6.13. The molecule has 2 heteroatoms. The Morgan fingerprint density at radius 3 is 1.91 bits per heavy atom. The predicted octanol–water partition coefficient (Wildman–Crippen LogP) is 4.81. The Bertz CT molecular complexity index is 668. The minimum absolute atomic E-state index is 0.0220. The lowest BCUT2D eigenvalue weighted by molar-refractivity contribution is 0.104. The third-order valence-electron chi connectivity index (χ3n) is 3.73. The third-order valence-corrected chi connectivity index (χ3v) is 3.73. The van der Waals surface area contributed by atoms with Crippen molar-refractivity contribution in [3.63, 3.8) is 0 Å². The van der Waals surface area contributed by atoms with E-state index in [0.717, 1.165) is 24.4 Å². The van der Waals surface area contributed by atoms with Gasteiger partial charge >= 0.3 is 0 Å². The largest absolute Gasteiger partial charge is 0.372 e. The quantitative estimate of drug-likeness (QED) is 0.416. The number of carbonyl (C=O) groups is 1. The van der Waals surface area contributed by atoms with Crippen LogP contribution in [0.4, 0.5) is 0 Å². The molecule has 0 saturated heterocycles. The molecule has 23 heavy (non-hydrogen) atoms. The molecule has 0 aliphatic rings. The van der Waals surface area contributed by atoms with E-state index in [1.165, 1.54) is 0 Å². The first-order chi connectivity index (χ1) is 11.3. The zero-order chi connectivity index (χ0) is 16.5. The zero-order valence-electron chi connectivity index (χ0n) is 13.8. The van der Waals surface area contributed by atoms with Crippen molar-refractivity contribution in [3.05, 3.63) is 90.0 Å². The van der Waals surface area contributed by atoms with Crippen molar-refractivity contribution >= 4 is 11.5 Å². The fraction of sp³-hybridized carbons (Fsp3) is 0.190. The third kappa shape index (κ3) is 4.68. The van der Waals surface area contributed by atoms with Gasteiger partial charge in [0.05, 0.1) is 0 Å². The van der Waals surface area contributed by atoms with Crippen molar-refractivity contribution in [2.24, 2.45) is 0 Å². The lowest BCUT2D eigenvalue weighted by Gasteiger charge is -2.24. The highest BCUT2D eigenvalue weighted by molar-refractivity contribution is 6.04. The lowest BCUT2D eigenvalue weighted by atomic mass is 10.1. The molecule has 0 unspecified atom stereocenters. The van der Waals surface area contributed by atoms with Crippen molar-refractivity contribution in [1.82, 2.24) is 4.90 Å². The smallest absolute Gasteiger partial charge is 0.185 e. The first kappa shape index (κ1) is 16.8. The van der Waals surface area contributed by atoms with Crippen molar-refractivity contribution in [1.29, 1.82) is 0 Å². The molecule has 2 aromatic carbocycles. The number of carbonyl (C=O) groups excluding carboxylic acids is 1. The Labute approximate surface area is 138 Å². The number of allylic oxidation sites excluding steroid dienone is 3. The summed E-state index contributed by atoms with van der Waals surface area (Å²) in [4.78, 5) is 14.4. The Balaban J connectivity index is 2.24. The van der Waals surface area contributed by atoms with Gasteiger partial charge in [-0.05, 0) is 31.6 Å². The van der Waals surface area contributed by atoms with Crippen molar-refractivity contribution in [2.75, 3.05) is 13.1 Å². The molecular weight excluding hydrogens is 282 g/mol. The summed E-state index contributed by atoms with van der Waals surface area (Å²) in [5, 5.41) is 0. The Hall–Kier alpha value is -2.61. The molecule has 0 heterocycles. The molecule has 0 atom stereocenters. The number of nitrogens with zero attached hydrogens (tertiary/aromatic N) is 1. The molecule has 0 bridgehead atoms. The SMILES string of the molecule is CCN(CC)/C(=C/C=C/C(=O)c1ccccc1)c1ccccc1. The van der Waals surface area contributed by atoms with Gasteiger partial charge in [-0.15, -0.1) is 0 Å². The summed E-state index contributed by atoms with van der Waals surface area (Å²) >= 11 is 0. The van der Waals surface area contributed by atoms with E-state index in [9.17, 15) is 4.79 Å². The number of hydrogen-bond acceptors (Lipinski definition) is 2. The second kappa shape index (κ2) is 8.74. The summed E-state index contributed by atoms with van der Waals surface area (Å²) in [6, 6.07) is 19.6. The van der Waals surface area contributed by atoms with Gasteiger partial charge in [0.25, 0.3) is 0 Å². The van der Waals surface area contributed by atoms with Gasteiger partial charge in [-0.2, -0.15) is 0 Å². The van der Waals surface area contributed by atoms with Crippen molar-refractivity contribution in [2.45, 2.75) is 13.8 Å². The number of hydrogen-bond donors (Lipinski definition) is 0. The standard InChI is InChI=1S/C21H23NO/c1-3-22(4-2)20(18-12-7-5-8-13-18)16-11-17-21(23)19-14-9-6-10-15-19/h5-17H,3-4H2,1-2H3/b17-11+,20-16+. The molecule has 2 aromatic rings. The Morgan fingerprint density at radius 2 is 1.39 bits per heavy atom. The molecule has 0 fully saturated rings. The second-order valence-electron chi connectivity index (χ2n) is 5.18. The Kier molecular flexibility index (Phi) is 6.37. The minimum Gasteiger partial charge on any atom is -0.372 e. The normalized spacial score (nSPS) is 11.7. The summed E-state index contributed by atoms with van der Waals surface area (Å²) < 4.78 is 0. The van der Waals surface area contributed by atoms with Gasteiger partial charge in [0.1, 0.15) is 0 Å². The second-order valence-corrected chi connectivity index (χ2v) is 5.18. The first-order valence-corrected chi connectivity index (χ1v) is 8.04. The van der Waals surface area contributed by atoms with Gasteiger partial charge in [0.15, 0.2) is 5.78 Å². The molecule has 0 spiro atoms. The molecule has 0 radical (unpaired) electrons. The fourth-order valence-corrected chi connectivity index (χ4v) is 2.48. The van der Waals surface area contributed by atoms with Crippen LogP contribution in [0.25, 0.3) is 5.70 Å². The van der Waals surface area contributed by atoms with Crippen LogP contribution in [0.2, 0.25) is 0 Å². The lowest BCUT2D eigenvalue weighted by Crippen LogP contribution is -2.21. The van der Waals surface area contributed by atoms with E-state index < -0.39 is 0 Å². The molecule has 0 saturated carbocycles. The van der Waals surface area contributed by atoms with Crippen molar-refractivity contribution in [3.8, 4) is 0 Å². The highest BCUT2D eigenvalue weighted by Gasteiger charge is 2.07. The molecule has 2 nitrogen and oxygen atoms in total. The predicted molar refractivity (Wildman–Crippen MR) is 97.3 cm³/mol. The van der Waals surface area contributed by atoms with Crippen LogP contribution in [0, 0.1) is 0 Å². The fourth-order valence-electron chi connectivity index (χ4n) is 2.48. The van der Waals surface area contributed by atoms with Crippen LogP contribution in [0.1, 0.15) is 29.8 Å². The summed E-state index contributed by atoms with van der Waals surface area (Å²) in [7, 11) is 0. The monoisotopic (exact) mass is 305 g/mol. The topological polar surface area (TPSA) is 20.3 Å². The van der Waals surface area contributed by atoms with Gasteiger partial charge in [-0.1, -0.05) is 66.7 Å². The van der Waals surface area contributed by atoms with E-state index in [2.05, 4.69) is 30.9 Å². The minimum atomic E-state index is 0.0220. The number of benzene rings is 2. The molecule has 0 aliphatic heterocycles. The number of rotatable bonds is 7. The average molecular weight is 305 g/mol. The molecule has 118 valence electrons. The van der Waals surface area contributed by atoms with E-state index in [4.69, 9.17) is 0 Å². The van der Waals surface area contributed by atoms with Gasteiger partial charge in [0.2, 0.25) is 0 Å². The van der Waals surface area contributed by atoms with Crippen molar-refractivity contribution < 1.29 is 4.79 Å². The van der Waals surface area contributed by atoms with Crippen LogP contribution >= 0.6 is 0 Å². The summed E-state index contributed by atoms with van der Waals surface area (Å²) in [5.74, 6) is 0.0220. The van der Waals surface area contributed by atoms with Crippen LogP contribution in [-0.4, -0.2) is 23.8 Å². The molecular formula is C21H23NO. The Morgan fingerprint density at radius 1 is 0.870 bits per heavy atom. The van der Waals surface area contributed by atoms with E-state index in [0.29, 0.717) is 5.56 Å². The van der Waals surface area contributed by atoms with Crippen LogP contribution in [0.15, 0.2) is 78.9 Å². The van der Waals surface area contributed by atoms with Gasteiger partial charge < -0.3 is 4.90 Å². The highest BCUT2D eigenvalue weighted by Crippen LogP contribution is 2.19. The highest BCUT2D eigenvalue weighted by atomic mass is 16.1. The zero-order valence-corrected chi connectivity index (χ0v) is 13.8. The maximum absolute atomic E-state index is 12.1. The number of ketones is 1. The average Bonchev–Trinajstić information content (AvgIpc) is 2.62. The van der Waals surface area contributed by atoms with Crippen LogP contribution < -0.4 is 0 Å². The molecule has 0 N–H and O–H groups in total. The van der Waals surface area contributed by atoms with Gasteiger partial charge in [-0.3, -0.25) is 4.79 Å². The van der Waals surface area contributed by atoms with E-state index in [1.54, 1.807) is 6.08 Å². The summed E-state index contributed by atoms with van der Waals surface area (Å²) in [6.07, 6.45) is 5.49. The van der Waals surface area contributed by atoms with Gasteiger partial charge in [-0.25, -0.2) is 0 Å². The summed E-state index contributed by atoms with van der Waals surface area (Å²) in [5.41, 5.74) is 3.00. The van der Waals surface area contributed by atoms with Gasteiger partial charge in [0, 0.05) is 24.4 Å². The molecule has 0 aliphatic carbocycles. The van der Waals surface area contributed by atoms with E-state index in [-0.39, 0.29) is 5.78 Å². The maximum Gasteiger partial charge on any atom is 0.185 e.